The predicted molar refractivity (Wildman–Crippen MR) is 115 cm³/mol. The molecule has 0 unspecified atom stereocenters. The van der Waals surface area contributed by atoms with E-state index in [0.29, 0.717) is 37.4 Å². The lowest BCUT2D eigenvalue weighted by molar-refractivity contribution is 0.0943. The van der Waals surface area contributed by atoms with Crippen molar-refractivity contribution in [2.75, 3.05) is 13.1 Å². The summed E-state index contributed by atoms with van der Waals surface area (Å²) in [7, 11) is 0. The smallest absolute Gasteiger partial charge is 0.256 e. The van der Waals surface area contributed by atoms with Gasteiger partial charge in [0.1, 0.15) is 11.1 Å². The molecule has 1 saturated carbocycles. The predicted octanol–water partition coefficient (Wildman–Crippen LogP) is 2.59. The number of carbonyl (C=O) groups excluding carboxylic acids is 2. The van der Waals surface area contributed by atoms with Crippen LogP contribution in [0.3, 0.4) is 0 Å². The number of nitrogens with one attached hydrogen (secondary N) is 2. The molecule has 2 bridgehead atoms. The molecule has 0 saturated heterocycles. The number of aromatic nitrogens is 1. The van der Waals surface area contributed by atoms with Gasteiger partial charge in [0, 0.05) is 32.0 Å². The Morgan fingerprint density at radius 1 is 1.00 bits per heavy atom. The van der Waals surface area contributed by atoms with Crippen LogP contribution in [0.4, 0.5) is 0 Å². The van der Waals surface area contributed by atoms with Crippen molar-refractivity contribution in [1.82, 2.24) is 15.2 Å². The highest BCUT2D eigenvalue weighted by Gasteiger charge is 2.35. The highest BCUT2D eigenvalue weighted by Crippen LogP contribution is 2.42. The van der Waals surface area contributed by atoms with Gasteiger partial charge in [0.15, 0.2) is 0 Å². The maximum atomic E-state index is 12.9. The van der Waals surface area contributed by atoms with Crippen LogP contribution < -0.4 is 16.1 Å². The number of allylic oxidation sites excluding steroid dienone is 2. The molecular formula is C24H27N3O3. The molecule has 3 atom stereocenters. The highest BCUT2D eigenvalue weighted by atomic mass is 16.2. The Morgan fingerprint density at radius 3 is 2.30 bits per heavy atom. The van der Waals surface area contributed by atoms with E-state index >= 15 is 0 Å². The van der Waals surface area contributed by atoms with Gasteiger partial charge in [-0.2, -0.15) is 0 Å². The lowest BCUT2D eigenvalue weighted by Gasteiger charge is -2.19. The van der Waals surface area contributed by atoms with E-state index in [1.165, 1.54) is 6.20 Å². The molecule has 1 heterocycles. The van der Waals surface area contributed by atoms with E-state index in [9.17, 15) is 14.4 Å². The van der Waals surface area contributed by atoms with Gasteiger partial charge in [-0.25, -0.2) is 0 Å². The minimum Gasteiger partial charge on any atom is -0.352 e. The minimum absolute atomic E-state index is 0.00776. The van der Waals surface area contributed by atoms with Crippen molar-refractivity contribution in [1.29, 1.82) is 0 Å². The van der Waals surface area contributed by atoms with Gasteiger partial charge in [0.2, 0.25) is 5.43 Å². The fraction of sp³-hybridized carbons (Fsp3) is 0.375. The molecule has 2 aliphatic rings. The molecule has 1 fully saturated rings. The van der Waals surface area contributed by atoms with Gasteiger partial charge in [-0.3, -0.25) is 14.4 Å². The number of rotatable bonds is 7. The van der Waals surface area contributed by atoms with E-state index in [4.69, 9.17) is 0 Å². The van der Waals surface area contributed by atoms with E-state index in [2.05, 4.69) is 22.8 Å². The summed E-state index contributed by atoms with van der Waals surface area (Å²) in [6.07, 6.45) is 9.83. The van der Waals surface area contributed by atoms with Crippen molar-refractivity contribution in [3.63, 3.8) is 0 Å². The molecule has 2 aliphatic carbocycles. The van der Waals surface area contributed by atoms with Gasteiger partial charge < -0.3 is 15.2 Å². The first-order valence-electron chi connectivity index (χ1n) is 10.6. The molecule has 2 amide bonds. The fourth-order valence-corrected chi connectivity index (χ4v) is 4.54. The van der Waals surface area contributed by atoms with Gasteiger partial charge >= 0.3 is 0 Å². The zero-order chi connectivity index (χ0) is 21.1. The van der Waals surface area contributed by atoms with Gasteiger partial charge in [-0.1, -0.05) is 42.5 Å². The van der Waals surface area contributed by atoms with E-state index in [0.717, 1.165) is 18.4 Å². The number of hydrogen-bond acceptors (Lipinski definition) is 3. The van der Waals surface area contributed by atoms with Crippen LogP contribution in [-0.2, 0) is 6.54 Å². The van der Waals surface area contributed by atoms with Crippen LogP contribution in [0.2, 0.25) is 0 Å². The quantitative estimate of drug-likeness (QED) is 0.695. The summed E-state index contributed by atoms with van der Waals surface area (Å²) in [4.78, 5) is 38.2. The summed E-state index contributed by atoms with van der Waals surface area (Å²) in [5, 5.41) is 5.60. The molecule has 156 valence electrons. The average Bonchev–Trinajstić information content (AvgIpc) is 3.37. The molecule has 4 rings (SSSR count). The van der Waals surface area contributed by atoms with Crippen LogP contribution in [0.1, 0.15) is 46.0 Å². The summed E-state index contributed by atoms with van der Waals surface area (Å²) in [5.41, 5.74) is 0.482. The number of hydrogen-bond donors (Lipinski definition) is 2. The maximum Gasteiger partial charge on any atom is 0.256 e. The summed E-state index contributed by atoms with van der Waals surface area (Å²) in [5.74, 6) is 0.687. The lowest BCUT2D eigenvalue weighted by Crippen LogP contribution is -2.37. The van der Waals surface area contributed by atoms with Gasteiger partial charge in [0.25, 0.3) is 11.8 Å². The topological polar surface area (TPSA) is 80.2 Å². The largest absolute Gasteiger partial charge is 0.352 e. The van der Waals surface area contributed by atoms with Crippen molar-refractivity contribution < 1.29 is 9.59 Å². The normalized spacial score (nSPS) is 21.6. The number of pyridine rings is 1. The Morgan fingerprint density at radius 2 is 1.70 bits per heavy atom. The van der Waals surface area contributed by atoms with Crippen LogP contribution in [0.15, 0.2) is 59.7 Å². The Hall–Kier alpha value is -3.15. The zero-order valence-electron chi connectivity index (χ0n) is 17.1. The van der Waals surface area contributed by atoms with E-state index in [1.54, 1.807) is 17.7 Å². The molecule has 0 aliphatic heterocycles. The van der Waals surface area contributed by atoms with Crippen LogP contribution in [0, 0.1) is 17.8 Å². The van der Waals surface area contributed by atoms with Gasteiger partial charge in [0.05, 0.1) is 0 Å². The summed E-state index contributed by atoms with van der Waals surface area (Å²) >= 11 is 0. The number of benzene rings is 1. The third-order valence-corrected chi connectivity index (χ3v) is 6.05. The Labute approximate surface area is 176 Å². The second-order valence-electron chi connectivity index (χ2n) is 8.18. The maximum absolute atomic E-state index is 12.9. The van der Waals surface area contributed by atoms with Crippen LogP contribution in [0.25, 0.3) is 0 Å². The first-order valence-corrected chi connectivity index (χ1v) is 10.6. The molecule has 0 radical (unpaired) electrons. The SMILES string of the molecule is CCNC(=O)c1cn(Cc2ccccc2)cc(C(=O)NC[C@H]2C[C@@H]3C=C[C@H]2C3)c1=O. The van der Waals surface area contributed by atoms with E-state index in [1.807, 2.05) is 30.3 Å². The third kappa shape index (κ3) is 4.22. The van der Waals surface area contributed by atoms with Gasteiger partial charge in [-0.05, 0) is 43.1 Å². The molecule has 6 nitrogen and oxygen atoms in total. The summed E-state index contributed by atoms with van der Waals surface area (Å²) in [6.45, 7) is 3.21. The molecule has 2 N–H and O–H groups in total. The Balaban J connectivity index is 1.58. The van der Waals surface area contributed by atoms with Crippen molar-refractivity contribution in [3.05, 3.63) is 81.8 Å². The molecule has 2 aromatic rings. The molecule has 6 heteroatoms. The second-order valence-corrected chi connectivity index (χ2v) is 8.18. The lowest BCUT2D eigenvalue weighted by atomic mass is 9.93. The molecule has 0 spiro atoms. The van der Waals surface area contributed by atoms with E-state index in [-0.39, 0.29) is 11.1 Å². The minimum atomic E-state index is -0.532. The fourth-order valence-electron chi connectivity index (χ4n) is 4.54. The number of carbonyl (C=O) groups is 2. The van der Waals surface area contributed by atoms with Crippen molar-refractivity contribution >= 4 is 11.8 Å². The van der Waals surface area contributed by atoms with E-state index < -0.39 is 17.2 Å². The van der Waals surface area contributed by atoms with Crippen LogP contribution in [-0.4, -0.2) is 29.5 Å². The van der Waals surface area contributed by atoms with Crippen molar-refractivity contribution in [2.45, 2.75) is 26.3 Å². The van der Waals surface area contributed by atoms with Gasteiger partial charge in [-0.15, -0.1) is 0 Å². The molecular weight excluding hydrogens is 378 g/mol. The van der Waals surface area contributed by atoms with Crippen LogP contribution in [0.5, 0.6) is 0 Å². The molecule has 30 heavy (non-hydrogen) atoms. The number of amides is 2. The summed E-state index contributed by atoms with van der Waals surface area (Å²) < 4.78 is 1.73. The number of nitrogens with zero attached hydrogens (tertiary/aromatic N) is 1. The average molecular weight is 405 g/mol. The Kier molecular flexibility index (Phi) is 5.84. The van der Waals surface area contributed by atoms with Crippen molar-refractivity contribution in [2.24, 2.45) is 17.8 Å². The standard InChI is InChI=1S/C24H27N3O3/c1-2-25-23(29)20-14-27(13-16-6-4-3-5-7-16)15-21(22(20)28)24(30)26-12-19-11-17-8-9-18(19)10-17/h3-9,14-15,17-19H,2,10-13H2,1H3,(H,25,29)(H,26,30)/t17-,18+,19-/m1/s1. The zero-order valence-corrected chi connectivity index (χ0v) is 17.1. The highest BCUT2D eigenvalue weighted by molar-refractivity contribution is 5.99. The summed E-state index contributed by atoms with van der Waals surface area (Å²) in [6, 6.07) is 9.72. The molecule has 1 aromatic heterocycles. The first-order chi connectivity index (χ1) is 14.5. The second kappa shape index (κ2) is 8.69. The Bertz CT molecular complexity index is 1030. The first kappa shape index (κ1) is 20.1. The monoisotopic (exact) mass is 405 g/mol. The molecule has 1 aromatic carbocycles. The van der Waals surface area contributed by atoms with Crippen molar-refractivity contribution in [3.8, 4) is 0 Å². The third-order valence-electron chi connectivity index (χ3n) is 6.05. The number of fused-ring (bicyclic) bond motifs is 2. The van der Waals surface area contributed by atoms with Crippen LogP contribution >= 0.6 is 0 Å².